The highest BCUT2D eigenvalue weighted by atomic mass is 35.5. The molecule has 0 aliphatic carbocycles. The minimum absolute atomic E-state index is 0.183. The second-order valence-corrected chi connectivity index (χ2v) is 7.29. The van der Waals surface area contributed by atoms with E-state index < -0.39 is 0 Å². The standard InChI is InChI=1S/C24H20ClN3O/c1-17-14-23(27-28(17)16-18-6-5-9-22(25)15-18)26-24(29)21-12-10-20(11-13-21)19-7-3-2-4-8-19/h2-15H,16H2,1H3,(H,26,27,29). The summed E-state index contributed by atoms with van der Waals surface area (Å²) in [5, 5.41) is 8.08. The van der Waals surface area contributed by atoms with E-state index in [0.717, 1.165) is 22.4 Å². The van der Waals surface area contributed by atoms with Gasteiger partial charge in [-0.3, -0.25) is 9.48 Å². The molecule has 1 heterocycles. The maximum atomic E-state index is 12.6. The molecule has 29 heavy (non-hydrogen) atoms. The van der Waals surface area contributed by atoms with Crippen LogP contribution in [0.25, 0.3) is 11.1 Å². The van der Waals surface area contributed by atoms with E-state index in [4.69, 9.17) is 11.6 Å². The second-order valence-electron chi connectivity index (χ2n) is 6.86. The number of carbonyl (C=O) groups excluding carboxylic acids is 1. The normalized spacial score (nSPS) is 10.7. The zero-order chi connectivity index (χ0) is 20.2. The molecule has 0 bridgehead atoms. The van der Waals surface area contributed by atoms with E-state index in [1.54, 1.807) is 0 Å². The summed E-state index contributed by atoms with van der Waals surface area (Å²) >= 11 is 6.06. The van der Waals surface area contributed by atoms with Crippen molar-refractivity contribution in [1.82, 2.24) is 9.78 Å². The topological polar surface area (TPSA) is 46.9 Å². The summed E-state index contributed by atoms with van der Waals surface area (Å²) < 4.78 is 1.85. The molecule has 144 valence electrons. The third kappa shape index (κ3) is 4.55. The average Bonchev–Trinajstić information content (AvgIpc) is 3.07. The number of anilines is 1. The van der Waals surface area contributed by atoms with Crippen molar-refractivity contribution in [3.63, 3.8) is 0 Å². The molecule has 0 aliphatic heterocycles. The summed E-state index contributed by atoms with van der Waals surface area (Å²) in [5.41, 5.74) is 4.79. The van der Waals surface area contributed by atoms with Crippen molar-refractivity contribution in [1.29, 1.82) is 0 Å². The van der Waals surface area contributed by atoms with Gasteiger partial charge in [0.2, 0.25) is 0 Å². The molecule has 4 nitrogen and oxygen atoms in total. The Balaban J connectivity index is 1.46. The minimum Gasteiger partial charge on any atom is -0.305 e. The van der Waals surface area contributed by atoms with Crippen molar-refractivity contribution in [2.75, 3.05) is 5.32 Å². The third-order valence-corrected chi connectivity index (χ3v) is 4.93. The number of nitrogens with zero attached hydrogens (tertiary/aromatic N) is 2. The van der Waals surface area contributed by atoms with Crippen LogP contribution < -0.4 is 5.32 Å². The molecule has 0 atom stereocenters. The van der Waals surface area contributed by atoms with Crippen LogP contribution in [0.2, 0.25) is 5.02 Å². The number of aromatic nitrogens is 2. The summed E-state index contributed by atoms with van der Waals surface area (Å²) in [6.07, 6.45) is 0. The van der Waals surface area contributed by atoms with Crippen molar-refractivity contribution in [3.05, 3.63) is 107 Å². The third-order valence-electron chi connectivity index (χ3n) is 4.70. The maximum absolute atomic E-state index is 12.6. The number of benzene rings is 3. The maximum Gasteiger partial charge on any atom is 0.256 e. The molecule has 1 aromatic heterocycles. The number of halogens is 1. The first-order valence-electron chi connectivity index (χ1n) is 9.34. The van der Waals surface area contributed by atoms with Gasteiger partial charge in [-0.1, -0.05) is 66.2 Å². The predicted octanol–water partition coefficient (Wildman–Crippen LogP) is 5.81. The van der Waals surface area contributed by atoms with Gasteiger partial charge in [0, 0.05) is 22.3 Å². The lowest BCUT2D eigenvalue weighted by molar-refractivity contribution is 0.102. The van der Waals surface area contributed by atoms with Crippen LogP contribution in [0, 0.1) is 6.92 Å². The molecular formula is C24H20ClN3O. The van der Waals surface area contributed by atoms with E-state index in [1.165, 1.54) is 0 Å². The molecule has 0 aliphatic rings. The number of aryl methyl sites for hydroxylation is 1. The highest BCUT2D eigenvalue weighted by Crippen LogP contribution is 2.20. The Kier molecular flexibility index (Phi) is 5.45. The molecule has 1 N–H and O–H groups in total. The molecule has 0 radical (unpaired) electrons. The predicted molar refractivity (Wildman–Crippen MR) is 117 cm³/mol. The molecule has 0 unspecified atom stereocenters. The summed E-state index contributed by atoms with van der Waals surface area (Å²) in [6, 6.07) is 27.2. The lowest BCUT2D eigenvalue weighted by Gasteiger charge is -2.06. The highest BCUT2D eigenvalue weighted by molar-refractivity contribution is 6.30. The molecule has 3 aromatic carbocycles. The quantitative estimate of drug-likeness (QED) is 0.458. The van der Waals surface area contributed by atoms with Crippen LogP contribution in [0.1, 0.15) is 21.6 Å². The Labute approximate surface area is 174 Å². The van der Waals surface area contributed by atoms with Crippen LogP contribution >= 0.6 is 11.6 Å². The van der Waals surface area contributed by atoms with Gasteiger partial charge in [0.25, 0.3) is 5.91 Å². The average molecular weight is 402 g/mol. The number of carbonyl (C=O) groups is 1. The van der Waals surface area contributed by atoms with Gasteiger partial charge in [0.15, 0.2) is 5.82 Å². The van der Waals surface area contributed by atoms with Crippen LogP contribution in [-0.2, 0) is 6.54 Å². The highest BCUT2D eigenvalue weighted by Gasteiger charge is 2.11. The lowest BCUT2D eigenvalue weighted by Crippen LogP contribution is -2.12. The molecule has 1 amide bonds. The van der Waals surface area contributed by atoms with Crippen LogP contribution in [-0.4, -0.2) is 15.7 Å². The van der Waals surface area contributed by atoms with E-state index in [2.05, 4.69) is 10.4 Å². The first kappa shape index (κ1) is 19.0. The zero-order valence-corrected chi connectivity index (χ0v) is 16.7. The van der Waals surface area contributed by atoms with Crippen molar-refractivity contribution in [3.8, 4) is 11.1 Å². The fourth-order valence-electron chi connectivity index (χ4n) is 3.17. The first-order chi connectivity index (χ1) is 14.1. The van der Waals surface area contributed by atoms with Crippen LogP contribution in [0.3, 0.4) is 0 Å². The van der Waals surface area contributed by atoms with Gasteiger partial charge in [-0.2, -0.15) is 5.10 Å². The number of hydrogen-bond donors (Lipinski definition) is 1. The summed E-state index contributed by atoms with van der Waals surface area (Å²) in [6.45, 7) is 2.55. The van der Waals surface area contributed by atoms with Gasteiger partial charge in [-0.25, -0.2) is 0 Å². The van der Waals surface area contributed by atoms with Crippen LogP contribution in [0.5, 0.6) is 0 Å². The van der Waals surface area contributed by atoms with Crippen molar-refractivity contribution in [2.45, 2.75) is 13.5 Å². The summed E-state index contributed by atoms with van der Waals surface area (Å²) in [7, 11) is 0. The summed E-state index contributed by atoms with van der Waals surface area (Å²) in [5.74, 6) is 0.346. The summed E-state index contributed by atoms with van der Waals surface area (Å²) in [4.78, 5) is 12.6. The van der Waals surface area contributed by atoms with E-state index in [0.29, 0.717) is 22.9 Å². The van der Waals surface area contributed by atoms with Gasteiger partial charge in [-0.05, 0) is 47.9 Å². The Morgan fingerprint density at radius 3 is 2.38 bits per heavy atom. The lowest BCUT2D eigenvalue weighted by atomic mass is 10.0. The molecule has 4 aromatic rings. The largest absolute Gasteiger partial charge is 0.305 e. The van der Waals surface area contributed by atoms with E-state index in [9.17, 15) is 4.79 Å². The molecule has 0 saturated heterocycles. The fourth-order valence-corrected chi connectivity index (χ4v) is 3.39. The SMILES string of the molecule is Cc1cc(NC(=O)c2ccc(-c3ccccc3)cc2)nn1Cc1cccc(Cl)c1. The fraction of sp³-hybridized carbons (Fsp3) is 0.0833. The Bertz CT molecular complexity index is 1130. The van der Waals surface area contributed by atoms with Gasteiger partial charge < -0.3 is 5.32 Å². The van der Waals surface area contributed by atoms with E-state index >= 15 is 0 Å². The second kappa shape index (κ2) is 8.33. The molecular weight excluding hydrogens is 382 g/mol. The number of hydrogen-bond acceptors (Lipinski definition) is 2. The first-order valence-corrected chi connectivity index (χ1v) is 9.72. The Hall–Kier alpha value is -3.37. The van der Waals surface area contributed by atoms with Crippen LogP contribution in [0.4, 0.5) is 5.82 Å². The molecule has 4 rings (SSSR count). The Morgan fingerprint density at radius 2 is 1.66 bits per heavy atom. The van der Waals surface area contributed by atoms with Crippen molar-refractivity contribution in [2.24, 2.45) is 0 Å². The van der Waals surface area contributed by atoms with E-state index in [-0.39, 0.29) is 5.91 Å². The zero-order valence-electron chi connectivity index (χ0n) is 16.0. The molecule has 5 heteroatoms. The van der Waals surface area contributed by atoms with E-state index in [1.807, 2.05) is 96.5 Å². The van der Waals surface area contributed by atoms with Crippen molar-refractivity contribution >= 4 is 23.3 Å². The number of rotatable bonds is 5. The van der Waals surface area contributed by atoms with Gasteiger partial charge in [0.05, 0.1) is 6.54 Å². The minimum atomic E-state index is -0.183. The van der Waals surface area contributed by atoms with Gasteiger partial charge >= 0.3 is 0 Å². The number of nitrogens with one attached hydrogen (secondary N) is 1. The van der Waals surface area contributed by atoms with Gasteiger partial charge in [0.1, 0.15) is 0 Å². The molecule has 0 saturated carbocycles. The smallest absolute Gasteiger partial charge is 0.256 e. The van der Waals surface area contributed by atoms with Crippen molar-refractivity contribution < 1.29 is 4.79 Å². The number of amides is 1. The molecule has 0 spiro atoms. The Morgan fingerprint density at radius 1 is 0.931 bits per heavy atom. The monoisotopic (exact) mass is 401 g/mol. The van der Waals surface area contributed by atoms with Crippen LogP contribution in [0.15, 0.2) is 84.9 Å². The molecule has 0 fully saturated rings. The van der Waals surface area contributed by atoms with Gasteiger partial charge in [-0.15, -0.1) is 0 Å².